The molecule has 0 radical (unpaired) electrons. The van der Waals surface area contributed by atoms with E-state index in [1.807, 2.05) is 24.3 Å². The minimum atomic E-state index is 0.112. The molecule has 1 saturated heterocycles. The molecule has 1 atom stereocenters. The molecule has 0 saturated carbocycles. The van der Waals surface area contributed by atoms with Crippen LogP contribution in [0.1, 0.15) is 18.4 Å². The Kier molecular flexibility index (Phi) is 4.57. The lowest BCUT2D eigenvalue weighted by Crippen LogP contribution is -2.46. The molecule has 2 N–H and O–H groups in total. The zero-order valence-corrected chi connectivity index (χ0v) is 11.3. The average Bonchev–Trinajstić information content (AvgIpc) is 2.33. The largest absolute Gasteiger partial charge is 0.352 e. The number of benzene rings is 1. The second kappa shape index (κ2) is 6.17. The fourth-order valence-electron chi connectivity index (χ4n) is 2.04. The van der Waals surface area contributed by atoms with Crippen molar-refractivity contribution < 1.29 is 4.79 Å². The highest BCUT2D eigenvalue weighted by atomic mass is 79.9. The van der Waals surface area contributed by atoms with Gasteiger partial charge in [0.2, 0.25) is 5.91 Å². The van der Waals surface area contributed by atoms with Crippen LogP contribution in [0.4, 0.5) is 0 Å². The molecular weight excluding hydrogens is 280 g/mol. The molecule has 1 aromatic carbocycles. The van der Waals surface area contributed by atoms with Gasteiger partial charge >= 0.3 is 0 Å². The number of hydrogen-bond acceptors (Lipinski definition) is 2. The normalized spacial score (nSPS) is 19.9. The van der Waals surface area contributed by atoms with Crippen LogP contribution in [-0.2, 0) is 11.2 Å². The minimum absolute atomic E-state index is 0.112. The SMILES string of the molecule is O=C(Cc1ccc(Br)cc1)NC1CCCNC1. The molecule has 17 heavy (non-hydrogen) atoms. The van der Waals surface area contributed by atoms with Gasteiger partial charge in [0.05, 0.1) is 6.42 Å². The molecule has 1 aliphatic rings. The quantitative estimate of drug-likeness (QED) is 0.894. The van der Waals surface area contributed by atoms with Crippen molar-refractivity contribution in [1.82, 2.24) is 10.6 Å². The van der Waals surface area contributed by atoms with Gasteiger partial charge in [-0.05, 0) is 37.1 Å². The predicted octanol–water partition coefficient (Wildman–Crippen LogP) is 1.86. The van der Waals surface area contributed by atoms with Gasteiger partial charge in [-0.1, -0.05) is 28.1 Å². The Hall–Kier alpha value is -0.870. The number of amides is 1. The summed E-state index contributed by atoms with van der Waals surface area (Å²) < 4.78 is 1.04. The summed E-state index contributed by atoms with van der Waals surface area (Å²) in [5.74, 6) is 0.112. The molecule has 2 rings (SSSR count). The summed E-state index contributed by atoms with van der Waals surface area (Å²) in [6, 6.07) is 8.17. The first-order chi connectivity index (χ1) is 8.24. The summed E-state index contributed by atoms with van der Waals surface area (Å²) in [4.78, 5) is 11.8. The monoisotopic (exact) mass is 296 g/mol. The maximum absolute atomic E-state index is 11.8. The Balaban J connectivity index is 1.82. The molecule has 1 heterocycles. The molecule has 1 fully saturated rings. The van der Waals surface area contributed by atoms with Gasteiger partial charge in [0.1, 0.15) is 0 Å². The first-order valence-corrected chi connectivity index (χ1v) is 6.78. The van der Waals surface area contributed by atoms with Crippen LogP contribution in [0, 0.1) is 0 Å². The highest BCUT2D eigenvalue weighted by Gasteiger charge is 2.15. The third kappa shape index (κ3) is 4.13. The number of carbonyl (C=O) groups is 1. The molecule has 1 aromatic rings. The van der Waals surface area contributed by atoms with E-state index in [2.05, 4.69) is 26.6 Å². The fraction of sp³-hybridized carbons (Fsp3) is 0.462. The van der Waals surface area contributed by atoms with Crippen LogP contribution in [0.5, 0.6) is 0 Å². The van der Waals surface area contributed by atoms with Crippen LogP contribution in [0.15, 0.2) is 28.7 Å². The lowest BCUT2D eigenvalue weighted by atomic mass is 10.1. The van der Waals surface area contributed by atoms with Gasteiger partial charge in [-0.15, -0.1) is 0 Å². The van der Waals surface area contributed by atoms with Crippen LogP contribution in [0.25, 0.3) is 0 Å². The van der Waals surface area contributed by atoms with E-state index >= 15 is 0 Å². The molecule has 1 amide bonds. The molecule has 4 heteroatoms. The van der Waals surface area contributed by atoms with Crippen LogP contribution >= 0.6 is 15.9 Å². The van der Waals surface area contributed by atoms with Crippen molar-refractivity contribution in [2.45, 2.75) is 25.3 Å². The molecule has 1 unspecified atom stereocenters. The number of carbonyl (C=O) groups excluding carboxylic acids is 1. The summed E-state index contributed by atoms with van der Waals surface area (Å²) in [5, 5.41) is 6.36. The Morgan fingerprint density at radius 2 is 2.18 bits per heavy atom. The van der Waals surface area contributed by atoms with Crippen molar-refractivity contribution in [1.29, 1.82) is 0 Å². The first kappa shape index (κ1) is 12.6. The highest BCUT2D eigenvalue weighted by Crippen LogP contribution is 2.11. The van der Waals surface area contributed by atoms with Gasteiger partial charge in [-0.25, -0.2) is 0 Å². The summed E-state index contributed by atoms with van der Waals surface area (Å²) in [6.45, 7) is 1.96. The lowest BCUT2D eigenvalue weighted by Gasteiger charge is -2.23. The third-order valence-corrected chi connectivity index (χ3v) is 3.47. The Labute approximate surface area is 110 Å². The molecule has 92 valence electrons. The zero-order valence-electron chi connectivity index (χ0n) is 9.71. The summed E-state index contributed by atoms with van der Waals surface area (Å²) >= 11 is 3.38. The van der Waals surface area contributed by atoms with Crippen molar-refractivity contribution in [2.24, 2.45) is 0 Å². The van der Waals surface area contributed by atoms with Crippen LogP contribution in [-0.4, -0.2) is 25.0 Å². The Morgan fingerprint density at radius 3 is 2.82 bits per heavy atom. The topological polar surface area (TPSA) is 41.1 Å². The van der Waals surface area contributed by atoms with Crippen molar-refractivity contribution in [3.8, 4) is 0 Å². The van der Waals surface area contributed by atoms with E-state index in [-0.39, 0.29) is 5.91 Å². The zero-order chi connectivity index (χ0) is 12.1. The molecular formula is C13H17BrN2O. The van der Waals surface area contributed by atoms with E-state index in [4.69, 9.17) is 0 Å². The number of halogens is 1. The van der Waals surface area contributed by atoms with E-state index in [9.17, 15) is 4.79 Å². The predicted molar refractivity (Wildman–Crippen MR) is 71.9 cm³/mol. The van der Waals surface area contributed by atoms with Gasteiger partial charge < -0.3 is 10.6 Å². The van der Waals surface area contributed by atoms with Crippen LogP contribution in [0.2, 0.25) is 0 Å². The standard InChI is InChI=1S/C13H17BrN2O/c14-11-5-3-10(4-6-11)8-13(17)16-12-2-1-7-15-9-12/h3-6,12,15H,1-2,7-9H2,(H,16,17). The summed E-state index contributed by atoms with van der Waals surface area (Å²) in [6.07, 6.45) is 2.69. The molecule has 1 aliphatic heterocycles. The van der Waals surface area contributed by atoms with Crippen molar-refractivity contribution in [3.05, 3.63) is 34.3 Å². The van der Waals surface area contributed by atoms with Crippen molar-refractivity contribution >= 4 is 21.8 Å². The highest BCUT2D eigenvalue weighted by molar-refractivity contribution is 9.10. The summed E-state index contributed by atoms with van der Waals surface area (Å²) in [5.41, 5.74) is 1.05. The molecule has 0 aliphatic carbocycles. The van der Waals surface area contributed by atoms with E-state index in [1.165, 1.54) is 0 Å². The average molecular weight is 297 g/mol. The van der Waals surface area contributed by atoms with Gasteiger partial charge in [0.25, 0.3) is 0 Å². The van der Waals surface area contributed by atoms with Gasteiger partial charge in [0.15, 0.2) is 0 Å². The van der Waals surface area contributed by atoms with Crippen molar-refractivity contribution in [2.75, 3.05) is 13.1 Å². The second-order valence-electron chi connectivity index (χ2n) is 4.41. The maximum atomic E-state index is 11.8. The van der Waals surface area contributed by atoms with Crippen molar-refractivity contribution in [3.63, 3.8) is 0 Å². The maximum Gasteiger partial charge on any atom is 0.224 e. The van der Waals surface area contributed by atoms with Gasteiger partial charge in [0, 0.05) is 17.1 Å². The number of hydrogen-bond donors (Lipinski definition) is 2. The second-order valence-corrected chi connectivity index (χ2v) is 5.33. The fourth-order valence-corrected chi connectivity index (χ4v) is 2.31. The van der Waals surface area contributed by atoms with Gasteiger partial charge in [-0.3, -0.25) is 4.79 Å². The molecule has 0 aromatic heterocycles. The minimum Gasteiger partial charge on any atom is -0.352 e. The molecule has 0 spiro atoms. The number of piperidine rings is 1. The number of nitrogens with one attached hydrogen (secondary N) is 2. The third-order valence-electron chi connectivity index (χ3n) is 2.94. The summed E-state index contributed by atoms with van der Waals surface area (Å²) in [7, 11) is 0. The molecule has 0 bridgehead atoms. The van der Waals surface area contributed by atoms with Gasteiger partial charge in [-0.2, -0.15) is 0 Å². The lowest BCUT2D eigenvalue weighted by molar-refractivity contribution is -0.121. The molecule has 3 nitrogen and oxygen atoms in total. The van der Waals surface area contributed by atoms with E-state index in [0.29, 0.717) is 12.5 Å². The smallest absolute Gasteiger partial charge is 0.224 e. The van der Waals surface area contributed by atoms with Crippen LogP contribution < -0.4 is 10.6 Å². The van der Waals surface area contributed by atoms with E-state index in [0.717, 1.165) is 36.0 Å². The first-order valence-electron chi connectivity index (χ1n) is 5.98. The van der Waals surface area contributed by atoms with E-state index < -0.39 is 0 Å². The number of rotatable bonds is 3. The Morgan fingerprint density at radius 1 is 1.41 bits per heavy atom. The Bertz CT molecular complexity index is 372. The van der Waals surface area contributed by atoms with E-state index in [1.54, 1.807) is 0 Å². The van der Waals surface area contributed by atoms with Crippen LogP contribution in [0.3, 0.4) is 0 Å².